The number of hydrogen-bond acceptors (Lipinski definition) is 6. The number of nitrogens with zero attached hydrogens (tertiary/aromatic N) is 4. The Balaban J connectivity index is 1.56. The molecule has 0 amide bonds. The van der Waals surface area contributed by atoms with Gasteiger partial charge in [0.15, 0.2) is 5.65 Å². The van der Waals surface area contributed by atoms with E-state index in [2.05, 4.69) is 54.6 Å². The second kappa shape index (κ2) is 6.94. The minimum atomic E-state index is 0.270. The first-order valence-electron chi connectivity index (χ1n) is 8.16. The van der Waals surface area contributed by atoms with Crippen molar-refractivity contribution in [1.82, 2.24) is 25.1 Å². The Morgan fingerprint density at radius 1 is 1.17 bits per heavy atom. The van der Waals surface area contributed by atoms with E-state index in [4.69, 9.17) is 4.74 Å². The summed E-state index contributed by atoms with van der Waals surface area (Å²) in [5.41, 5.74) is 2.04. The maximum absolute atomic E-state index is 5.50. The summed E-state index contributed by atoms with van der Waals surface area (Å²) in [6.07, 6.45) is 3.30. The summed E-state index contributed by atoms with van der Waals surface area (Å²) in [5, 5.41) is 11.3. The van der Waals surface area contributed by atoms with Crippen molar-refractivity contribution in [1.29, 1.82) is 0 Å². The van der Waals surface area contributed by atoms with Crippen LogP contribution in [0.4, 0.5) is 5.82 Å². The summed E-state index contributed by atoms with van der Waals surface area (Å²) in [4.78, 5) is 11.0. The molecule has 1 saturated heterocycles. The summed E-state index contributed by atoms with van der Waals surface area (Å²) in [6, 6.07) is 10.8. The predicted octanol–water partition coefficient (Wildman–Crippen LogP) is 1.84. The number of aromatic amines is 1. The van der Waals surface area contributed by atoms with Gasteiger partial charge in [0.2, 0.25) is 0 Å². The van der Waals surface area contributed by atoms with Crippen molar-refractivity contribution in [3.05, 3.63) is 48.4 Å². The van der Waals surface area contributed by atoms with E-state index in [0.717, 1.165) is 49.7 Å². The van der Waals surface area contributed by atoms with Crippen LogP contribution in [0.15, 0.2) is 42.9 Å². The molecule has 7 heteroatoms. The standard InChI is InChI=1S/C17H20N6O/c1-2-4-13(5-3-1)15(23-6-8-24-9-7-23)11-18-16-14-10-21-22-17(14)20-12-19-16/h1-5,10,12,15H,6-9,11H2,(H2,18,19,20,21,22)/t15-/m1/s1. The number of anilines is 1. The van der Waals surface area contributed by atoms with E-state index in [1.807, 2.05) is 6.07 Å². The highest BCUT2D eigenvalue weighted by molar-refractivity contribution is 5.85. The van der Waals surface area contributed by atoms with Crippen LogP contribution in [0.3, 0.4) is 0 Å². The first kappa shape index (κ1) is 15.0. The fourth-order valence-electron chi connectivity index (χ4n) is 3.12. The minimum Gasteiger partial charge on any atom is -0.379 e. The molecule has 3 heterocycles. The van der Waals surface area contributed by atoms with E-state index in [0.29, 0.717) is 0 Å². The number of morpholine rings is 1. The van der Waals surface area contributed by atoms with Gasteiger partial charge in [-0.05, 0) is 5.56 Å². The monoisotopic (exact) mass is 324 g/mol. The Bertz CT molecular complexity index is 784. The highest BCUT2D eigenvalue weighted by Gasteiger charge is 2.22. The van der Waals surface area contributed by atoms with Gasteiger partial charge in [-0.2, -0.15) is 5.10 Å². The number of ether oxygens (including phenoxy) is 1. The largest absolute Gasteiger partial charge is 0.379 e. The van der Waals surface area contributed by atoms with E-state index in [1.165, 1.54) is 5.56 Å². The van der Waals surface area contributed by atoms with Crippen LogP contribution in [0.5, 0.6) is 0 Å². The molecule has 2 N–H and O–H groups in total. The summed E-state index contributed by atoms with van der Waals surface area (Å²) in [7, 11) is 0. The second-order valence-corrected chi connectivity index (χ2v) is 5.81. The van der Waals surface area contributed by atoms with Crippen LogP contribution in [0, 0.1) is 0 Å². The molecule has 0 saturated carbocycles. The number of hydrogen-bond donors (Lipinski definition) is 2. The number of fused-ring (bicyclic) bond motifs is 1. The molecule has 4 rings (SSSR count). The normalized spacial score (nSPS) is 17.0. The van der Waals surface area contributed by atoms with Crippen LogP contribution >= 0.6 is 0 Å². The van der Waals surface area contributed by atoms with Gasteiger partial charge >= 0.3 is 0 Å². The van der Waals surface area contributed by atoms with Crippen LogP contribution in [-0.2, 0) is 4.74 Å². The molecule has 1 fully saturated rings. The number of rotatable bonds is 5. The average Bonchev–Trinajstić information content (AvgIpc) is 3.13. The van der Waals surface area contributed by atoms with E-state index in [1.54, 1.807) is 12.5 Å². The Morgan fingerprint density at radius 3 is 2.83 bits per heavy atom. The van der Waals surface area contributed by atoms with Gasteiger partial charge in [-0.3, -0.25) is 10.00 Å². The van der Waals surface area contributed by atoms with Crippen molar-refractivity contribution >= 4 is 16.9 Å². The summed E-state index contributed by atoms with van der Waals surface area (Å²) >= 11 is 0. The van der Waals surface area contributed by atoms with E-state index >= 15 is 0 Å². The molecule has 1 aliphatic rings. The van der Waals surface area contributed by atoms with Crippen LogP contribution in [0.25, 0.3) is 11.0 Å². The number of nitrogens with one attached hydrogen (secondary N) is 2. The smallest absolute Gasteiger partial charge is 0.160 e. The Hall–Kier alpha value is -2.51. The van der Waals surface area contributed by atoms with Gasteiger partial charge < -0.3 is 10.1 Å². The zero-order valence-corrected chi connectivity index (χ0v) is 13.4. The molecule has 1 atom stereocenters. The topological polar surface area (TPSA) is 79.0 Å². The molecule has 0 aliphatic carbocycles. The van der Waals surface area contributed by atoms with Crippen LogP contribution < -0.4 is 5.32 Å². The van der Waals surface area contributed by atoms with E-state index in [9.17, 15) is 0 Å². The van der Waals surface area contributed by atoms with Crippen LogP contribution in [0.1, 0.15) is 11.6 Å². The van der Waals surface area contributed by atoms with Gasteiger partial charge in [0.25, 0.3) is 0 Å². The lowest BCUT2D eigenvalue weighted by atomic mass is 10.0. The molecule has 0 radical (unpaired) electrons. The van der Waals surface area contributed by atoms with Crippen molar-refractivity contribution in [3.63, 3.8) is 0 Å². The number of benzene rings is 1. The predicted molar refractivity (Wildman–Crippen MR) is 91.7 cm³/mol. The maximum atomic E-state index is 5.50. The van der Waals surface area contributed by atoms with Gasteiger partial charge in [-0.15, -0.1) is 0 Å². The maximum Gasteiger partial charge on any atom is 0.160 e. The first-order chi connectivity index (χ1) is 11.9. The molecule has 3 aromatic rings. The van der Waals surface area contributed by atoms with Crippen molar-refractivity contribution in [2.75, 3.05) is 38.2 Å². The van der Waals surface area contributed by atoms with Crippen molar-refractivity contribution in [3.8, 4) is 0 Å². The lowest BCUT2D eigenvalue weighted by Gasteiger charge is -2.35. The molecule has 0 unspecified atom stereocenters. The Kier molecular flexibility index (Phi) is 4.35. The van der Waals surface area contributed by atoms with Gasteiger partial charge in [0, 0.05) is 19.6 Å². The van der Waals surface area contributed by atoms with Crippen molar-refractivity contribution < 1.29 is 4.74 Å². The van der Waals surface area contributed by atoms with Crippen molar-refractivity contribution in [2.45, 2.75) is 6.04 Å². The Labute approximate surface area is 140 Å². The Morgan fingerprint density at radius 2 is 2.00 bits per heavy atom. The molecular formula is C17H20N6O. The summed E-state index contributed by atoms with van der Waals surface area (Å²) in [6.45, 7) is 4.20. The third-order valence-corrected chi connectivity index (χ3v) is 4.38. The second-order valence-electron chi connectivity index (χ2n) is 5.81. The van der Waals surface area contributed by atoms with E-state index in [-0.39, 0.29) is 6.04 Å². The number of H-pyrrole nitrogens is 1. The summed E-state index contributed by atoms with van der Waals surface area (Å²) in [5.74, 6) is 0.808. The lowest BCUT2D eigenvalue weighted by Crippen LogP contribution is -2.41. The molecule has 2 aromatic heterocycles. The van der Waals surface area contributed by atoms with Gasteiger partial charge in [-0.25, -0.2) is 9.97 Å². The van der Waals surface area contributed by atoms with E-state index < -0.39 is 0 Å². The van der Waals surface area contributed by atoms with Gasteiger partial charge in [0.05, 0.1) is 30.8 Å². The molecule has 1 aromatic carbocycles. The van der Waals surface area contributed by atoms with Gasteiger partial charge in [0.1, 0.15) is 12.1 Å². The molecule has 1 aliphatic heterocycles. The SMILES string of the molecule is c1ccc([C@@H](CNc2ncnc3[nH]ncc23)N2CCOCC2)cc1. The quantitative estimate of drug-likeness (QED) is 0.745. The fraction of sp³-hybridized carbons (Fsp3) is 0.353. The average molecular weight is 324 g/mol. The van der Waals surface area contributed by atoms with Gasteiger partial charge in [-0.1, -0.05) is 30.3 Å². The molecular weight excluding hydrogens is 304 g/mol. The minimum absolute atomic E-state index is 0.270. The third kappa shape index (κ3) is 3.08. The summed E-state index contributed by atoms with van der Waals surface area (Å²) < 4.78 is 5.50. The molecule has 7 nitrogen and oxygen atoms in total. The fourth-order valence-corrected chi connectivity index (χ4v) is 3.12. The van der Waals surface area contributed by atoms with Crippen LogP contribution in [-0.4, -0.2) is 57.9 Å². The first-order valence-corrected chi connectivity index (χ1v) is 8.16. The molecule has 124 valence electrons. The van der Waals surface area contributed by atoms with Crippen LogP contribution in [0.2, 0.25) is 0 Å². The highest BCUT2D eigenvalue weighted by Crippen LogP contribution is 2.24. The third-order valence-electron chi connectivity index (χ3n) is 4.38. The van der Waals surface area contributed by atoms with Crippen molar-refractivity contribution in [2.24, 2.45) is 0 Å². The molecule has 0 bridgehead atoms. The number of aromatic nitrogens is 4. The molecule has 24 heavy (non-hydrogen) atoms. The highest BCUT2D eigenvalue weighted by atomic mass is 16.5. The molecule has 0 spiro atoms. The lowest BCUT2D eigenvalue weighted by molar-refractivity contribution is 0.0187. The zero-order chi connectivity index (χ0) is 16.2. The zero-order valence-electron chi connectivity index (χ0n) is 13.4.